The number of hydrogen-bond donors (Lipinski definition) is 0. The second-order valence-corrected chi connectivity index (χ2v) is 11.5. The molecular formula is C35H42FN3O4. The summed E-state index contributed by atoms with van der Waals surface area (Å²) in [6.07, 6.45) is 8.78. The number of likely N-dealkylation sites (tertiary alicyclic amines) is 1. The average molecular weight is 588 g/mol. The molecule has 0 aromatic heterocycles. The lowest BCUT2D eigenvalue weighted by Crippen LogP contribution is -2.56. The smallest absolute Gasteiger partial charge is 0.261 e. The molecule has 0 spiro atoms. The van der Waals surface area contributed by atoms with Crippen molar-refractivity contribution < 1.29 is 23.5 Å². The van der Waals surface area contributed by atoms with Crippen LogP contribution < -0.4 is 14.4 Å². The molecule has 0 aliphatic carbocycles. The number of hydrogen-bond acceptors (Lipinski definition) is 6. The summed E-state index contributed by atoms with van der Waals surface area (Å²) < 4.78 is 25.4. The van der Waals surface area contributed by atoms with Crippen molar-refractivity contribution in [3.63, 3.8) is 0 Å². The molecule has 228 valence electrons. The van der Waals surface area contributed by atoms with E-state index in [4.69, 9.17) is 9.47 Å². The van der Waals surface area contributed by atoms with Gasteiger partial charge in [0.05, 0.1) is 19.3 Å². The minimum Gasteiger partial charge on any atom is -0.494 e. The van der Waals surface area contributed by atoms with Gasteiger partial charge in [0.15, 0.2) is 11.6 Å². The first-order chi connectivity index (χ1) is 20.8. The van der Waals surface area contributed by atoms with Crippen molar-refractivity contribution in [1.82, 2.24) is 9.80 Å². The monoisotopic (exact) mass is 587 g/mol. The Hall–Kier alpha value is -3.91. The fraction of sp³-hybridized carbons (Fsp3) is 0.429. The zero-order valence-corrected chi connectivity index (χ0v) is 25.7. The molecule has 43 heavy (non-hydrogen) atoms. The lowest BCUT2D eigenvalue weighted by molar-refractivity contribution is -0.136. The van der Waals surface area contributed by atoms with Gasteiger partial charge in [0.25, 0.3) is 11.8 Å². The number of imide groups is 1. The molecule has 2 aromatic rings. The Morgan fingerprint density at radius 2 is 1.81 bits per heavy atom. The van der Waals surface area contributed by atoms with Crippen molar-refractivity contribution in [3.05, 3.63) is 88.8 Å². The highest BCUT2D eigenvalue weighted by Crippen LogP contribution is 2.40. The van der Waals surface area contributed by atoms with Crippen molar-refractivity contribution >= 4 is 17.5 Å². The fourth-order valence-corrected chi connectivity index (χ4v) is 6.78. The largest absolute Gasteiger partial charge is 0.494 e. The van der Waals surface area contributed by atoms with Crippen LogP contribution in [-0.2, 0) is 9.59 Å². The number of nitrogens with zero attached hydrogens (tertiary/aromatic N) is 3. The Morgan fingerprint density at radius 3 is 2.56 bits per heavy atom. The summed E-state index contributed by atoms with van der Waals surface area (Å²) in [6.45, 7) is 13.1. The van der Waals surface area contributed by atoms with Crippen LogP contribution in [0.2, 0.25) is 0 Å². The lowest BCUT2D eigenvalue weighted by atomic mass is 9.86. The normalized spacial score (nSPS) is 22.8. The minimum atomic E-state index is -0.337. The zero-order chi connectivity index (χ0) is 30.7. The topological polar surface area (TPSA) is 62.3 Å². The van der Waals surface area contributed by atoms with Crippen LogP contribution >= 0.6 is 0 Å². The van der Waals surface area contributed by atoms with Gasteiger partial charge >= 0.3 is 0 Å². The van der Waals surface area contributed by atoms with E-state index in [9.17, 15) is 14.0 Å². The quantitative estimate of drug-likeness (QED) is 0.202. The van der Waals surface area contributed by atoms with Gasteiger partial charge in [0.2, 0.25) is 0 Å². The van der Waals surface area contributed by atoms with E-state index in [0.717, 1.165) is 55.9 Å². The summed E-state index contributed by atoms with van der Waals surface area (Å²) in [4.78, 5) is 31.7. The van der Waals surface area contributed by atoms with Crippen LogP contribution in [0.15, 0.2) is 66.3 Å². The van der Waals surface area contributed by atoms with Crippen LogP contribution in [0.5, 0.6) is 11.5 Å². The maximum atomic E-state index is 14.0. The highest BCUT2D eigenvalue weighted by Gasteiger charge is 2.38. The third-order valence-corrected chi connectivity index (χ3v) is 9.18. The summed E-state index contributed by atoms with van der Waals surface area (Å²) in [7, 11) is 1.50. The Bertz CT molecular complexity index is 1470. The number of rotatable bonds is 9. The van der Waals surface area contributed by atoms with E-state index in [1.54, 1.807) is 25.1 Å². The molecule has 3 aliphatic heterocycles. The Morgan fingerprint density at radius 1 is 1.02 bits per heavy atom. The SMILES string of the molecule is C=C/C=C1/C(=O)N(CCCOc2ccc(C3CCCC4CN(c5ccc(F)c(OC)c5)CCN43)c(C)c2C)C(=O)/C1=C/C. The van der Waals surface area contributed by atoms with Crippen molar-refractivity contribution in [2.45, 2.75) is 58.5 Å². The molecule has 3 fully saturated rings. The van der Waals surface area contributed by atoms with Gasteiger partial charge in [-0.25, -0.2) is 4.39 Å². The van der Waals surface area contributed by atoms with Gasteiger partial charge in [-0.2, -0.15) is 0 Å². The van der Waals surface area contributed by atoms with Gasteiger partial charge in [-0.3, -0.25) is 19.4 Å². The molecule has 0 radical (unpaired) electrons. The molecule has 2 aromatic carbocycles. The molecule has 0 saturated carbocycles. The summed E-state index contributed by atoms with van der Waals surface area (Å²) in [6, 6.07) is 10.2. The number of amides is 2. The minimum absolute atomic E-state index is 0.263. The Balaban J connectivity index is 1.21. The highest BCUT2D eigenvalue weighted by atomic mass is 19.1. The van der Waals surface area contributed by atoms with Crippen molar-refractivity contribution in [3.8, 4) is 11.5 Å². The lowest BCUT2D eigenvalue weighted by Gasteiger charge is -2.49. The van der Waals surface area contributed by atoms with Crippen LogP contribution in [0.3, 0.4) is 0 Å². The second-order valence-electron chi connectivity index (χ2n) is 11.5. The first-order valence-corrected chi connectivity index (χ1v) is 15.2. The van der Waals surface area contributed by atoms with Gasteiger partial charge in [0, 0.05) is 55.6 Å². The number of carbonyl (C=O) groups excluding carboxylic acids is 2. The maximum Gasteiger partial charge on any atom is 0.261 e. The highest BCUT2D eigenvalue weighted by molar-refractivity contribution is 6.24. The van der Waals surface area contributed by atoms with Crippen LogP contribution in [0.1, 0.15) is 55.3 Å². The van der Waals surface area contributed by atoms with Crippen LogP contribution in [0, 0.1) is 19.7 Å². The standard InChI is InChI=1S/C35H42FN3O4/c1-6-10-29-27(7-2)34(40)39(35(29)41)17-9-20-43-32-16-14-28(23(3)24(32)4)31-12-8-11-26-22-37(18-19-38(26)31)25-13-15-30(36)33(21-25)42-5/h6-7,10,13-16,21,26,31H,1,8-9,11-12,17-20,22H2,2-5H3/b27-7+,29-10+. The van der Waals surface area contributed by atoms with E-state index in [1.807, 2.05) is 6.07 Å². The van der Waals surface area contributed by atoms with Crippen LogP contribution in [-0.4, -0.2) is 67.6 Å². The molecule has 8 heteroatoms. The van der Waals surface area contributed by atoms with E-state index < -0.39 is 0 Å². The molecule has 3 heterocycles. The van der Waals surface area contributed by atoms with Crippen LogP contribution in [0.25, 0.3) is 0 Å². The second kappa shape index (κ2) is 13.2. The van der Waals surface area contributed by atoms with Gasteiger partial charge in [-0.05, 0) is 87.4 Å². The number of fused-ring (bicyclic) bond motifs is 1. The molecule has 2 amide bonds. The Kier molecular flexibility index (Phi) is 9.35. The van der Waals surface area contributed by atoms with E-state index >= 15 is 0 Å². The summed E-state index contributed by atoms with van der Waals surface area (Å²) in [5.74, 6) is 0.241. The third-order valence-electron chi connectivity index (χ3n) is 9.18. The van der Waals surface area contributed by atoms with E-state index in [-0.39, 0.29) is 23.4 Å². The van der Waals surface area contributed by atoms with E-state index in [1.165, 1.54) is 35.3 Å². The summed E-state index contributed by atoms with van der Waals surface area (Å²) in [5, 5.41) is 0. The average Bonchev–Trinajstić information content (AvgIpc) is 3.24. The number of benzene rings is 2. The van der Waals surface area contributed by atoms with Gasteiger partial charge in [-0.15, -0.1) is 0 Å². The van der Waals surface area contributed by atoms with E-state index in [0.29, 0.717) is 42.8 Å². The number of piperazine rings is 1. The predicted octanol–water partition coefficient (Wildman–Crippen LogP) is 6.06. The molecular weight excluding hydrogens is 545 g/mol. The number of piperidine rings is 1. The van der Waals surface area contributed by atoms with Crippen LogP contribution in [0.4, 0.5) is 10.1 Å². The number of anilines is 1. The van der Waals surface area contributed by atoms with E-state index in [2.05, 4.69) is 42.4 Å². The van der Waals surface area contributed by atoms with Gasteiger partial charge in [0.1, 0.15) is 5.75 Å². The molecule has 2 atom stereocenters. The summed E-state index contributed by atoms with van der Waals surface area (Å²) >= 11 is 0. The molecule has 0 N–H and O–H groups in total. The third kappa shape index (κ3) is 5.98. The van der Waals surface area contributed by atoms with Crippen molar-refractivity contribution in [2.24, 2.45) is 0 Å². The number of carbonyl (C=O) groups is 2. The molecule has 3 aliphatic rings. The number of methoxy groups -OCH3 is 1. The Labute approximate surface area is 254 Å². The molecule has 0 bridgehead atoms. The molecule has 3 saturated heterocycles. The van der Waals surface area contributed by atoms with Gasteiger partial charge < -0.3 is 14.4 Å². The predicted molar refractivity (Wildman–Crippen MR) is 167 cm³/mol. The first kappa shape index (κ1) is 30.5. The number of ether oxygens (including phenoxy) is 2. The maximum absolute atomic E-state index is 14.0. The first-order valence-electron chi connectivity index (χ1n) is 15.2. The molecule has 2 unspecified atom stereocenters. The van der Waals surface area contributed by atoms with Gasteiger partial charge in [-0.1, -0.05) is 24.8 Å². The zero-order valence-electron chi connectivity index (χ0n) is 25.7. The number of halogens is 1. The molecule has 5 rings (SSSR count). The summed E-state index contributed by atoms with van der Waals surface area (Å²) in [5.41, 5.74) is 5.54. The molecule has 7 nitrogen and oxygen atoms in total. The number of allylic oxidation sites excluding steroid dienone is 3. The fourth-order valence-electron chi connectivity index (χ4n) is 6.78. The van der Waals surface area contributed by atoms with Crippen molar-refractivity contribution in [1.29, 1.82) is 0 Å². The van der Waals surface area contributed by atoms with Crippen molar-refractivity contribution in [2.75, 3.05) is 44.8 Å².